The van der Waals surface area contributed by atoms with Gasteiger partial charge in [-0.25, -0.2) is 0 Å². The van der Waals surface area contributed by atoms with Crippen LogP contribution in [0.4, 0.5) is 0 Å². The van der Waals surface area contributed by atoms with Gasteiger partial charge in [0, 0.05) is 6.21 Å². The van der Waals surface area contributed by atoms with Gasteiger partial charge in [0.05, 0.1) is 11.6 Å². The Morgan fingerprint density at radius 1 is 1.00 bits per heavy atom. The summed E-state index contributed by atoms with van der Waals surface area (Å²) in [5, 5.41) is 10.4. The van der Waals surface area contributed by atoms with Gasteiger partial charge < -0.3 is 5.11 Å². The number of benzene rings is 2. The highest BCUT2D eigenvalue weighted by atomic mass is 16.3. The number of hydrogen-bond donors (Lipinski definition) is 1. The molecule has 1 heterocycles. The number of rotatable bonds is 6. The van der Waals surface area contributed by atoms with Gasteiger partial charge in [0.25, 0.3) is 0 Å². The lowest BCUT2D eigenvalue weighted by atomic mass is 9.84. The maximum atomic E-state index is 10.4. The van der Waals surface area contributed by atoms with Crippen molar-refractivity contribution >= 4 is 6.21 Å². The molecule has 2 unspecified atom stereocenters. The fourth-order valence-electron chi connectivity index (χ4n) is 3.10. The van der Waals surface area contributed by atoms with Crippen LogP contribution in [0.5, 0.6) is 0 Å². The minimum Gasteiger partial charge on any atom is -0.388 e. The molecule has 0 aliphatic carbocycles. The summed E-state index contributed by atoms with van der Waals surface area (Å²) in [5.74, 6) is 0. The minimum atomic E-state index is -0.429. The van der Waals surface area contributed by atoms with Crippen LogP contribution in [-0.4, -0.2) is 16.9 Å². The van der Waals surface area contributed by atoms with E-state index < -0.39 is 6.10 Å². The summed E-state index contributed by atoms with van der Waals surface area (Å²) >= 11 is 0. The SMILES string of the molecule is CC1(CCC(O)c2ccccc2)N=CC=C1Cc1ccccc1. The molecule has 0 fully saturated rings. The summed E-state index contributed by atoms with van der Waals surface area (Å²) in [7, 11) is 0. The van der Waals surface area contributed by atoms with E-state index in [-0.39, 0.29) is 5.54 Å². The Balaban J connectivity index is 1.64. The summed E-state index contributed by atoms with van der Waals surface area (Å²) in [6.45, 7) is 2.17. The molecule has 0 aromatic heterocycles. The molecular weight excluding hydrogens is 282 g/mol. The highest BCUT2D eigenvalue weighted by Gasteiger charge is 2.30. The Labute approximate surface area is 138 Å². The fraction of sp³-hybridized carbons (Fsp3) is 0.286. The first-order chi connectivity index (χ1) is 11.2. The van der Waals surface area contributed by atoms with Crippen LogP contribution in [0.1, 0.15) is 37.0 Å². The Hall–Kier alpha value is -2.19. The summed E-state index contributed by atoms with van der Waals surface area (Å²) in [5.41, 5.74) is 3.40. The zero-order valence-electron chi connectivity index (χ0n) is 13.5. The van der Waals surface area contributed by atoms with Crippen LogP contribution in [0.25, 0.3) is 0 Å². The number of allylic oxidation sites excluding steroid dienone is 1. The predicted octanol–water partition coefficient (Wildman–Crippen LogP) is 4.51. The van der Waals surface area contributed by atoms with Gasteiger partial charge >= 0.3 is 0 Å². The van der Waals surface area contributed by atoms with E-state index in [0.29, 0.717) is 6.42 Å². The van der Waals surface area contributed by atoms with Gasteiger partial charge in [0.1, 0.15) is 0 Å². The van der Waals surface area contributed by atoms with Crippen molar-refractivity contribution < 1.29 is 5.11 Å². The Morgan fingerprint density at radius 3 is 2.35 bits per heavy atom. The number of aliphatic hydroxyl groups is 1. The second-order valence-electron chi connectivity index (χ2n) is 6.37. The number of aliphatic imine (C=N–C) groups is 1. The average Bonchev–Trinajstić information content (AvgIpc) is 2.95. The van der Waals surface area contributed by atoms with Crippen molar-refractivity contribution in [2.45, 2.75) is 37.8 Å². The molecule has 1 aliphatic rings. The summed E-state index contributed by atoms with van der Waals surface area (Å²) < 4.78 is 0. The third-order valence-corrected chi connectivity index (χ3v) is 4.65. The van der Waals surface area contributed by atoms with Crippen molar-refractivity contribution in [2.75, 3.05) is 0 Å². The molecule has 0 bridgehead atoms. The third-order valence-electron chi connectivity index (χ3n) is 4.65. The van der Waals surface area contributed by atoms with Gasteiger partial charge in [-0.1, -0.05) is 60.7 Å². The molecule has 0 radical (unpaired) electrons. The molecule has 2 aromatic carbocycles. The summed E-state index contributed by atoms with van der Waals surface area (Å²) in [6.07, 6.45) is 6.08. The molecular formula is C21H23NO. The van der Waals surface area contributed by atoms with Crippen molar-refractivity contribution in [3.8, 4) is 0 Å². The third kappa shape index (κ3) is 3.77. The zero-order valence-corrected chi connectivity index (χ0v) is 13.5. The number of aliphatic hydroxyl groups excluding tert-OH is 1. The van der Waals surface area contributed by atoms with E-state index in [1.807, 2.05) is 42.6 Å². The van der Waals surface area contributed by atoms with Crippen LogP contribution >= 0.6 is 0 Å². The summed E-state index contributed by atoms with van der Waals surface area (Å²) in [6, 6.07) is 20.3. The molecule has 118 valence electrons. The normalized spacial score (nSPS) is 21.2. The highest BCUT2D eigenvalue weighted by Crippen LogP contribution is 2.34. The molecule has 2 aromatic rings. The van der Waals surface area contributed by atoms with Gasteiger partial charge in [-0.15, -0.1) is 0 Å². The average molecular weight is 305 g/mol. The molecule has 0 saturated heterocycles. The quantitative estimate of drug-likeness (QED) is 0.836. The lowest BCUT2D eigenvalue weighted by Crippen LogP contribution is -2.24. The molecule has 2 heteroatoms. The van der Waals surface area contributed by atoms with Crippen molar-refractivity contribution in [1.29, 1.82) is 0 Å². The Kier molecular flexibility index (Phi) is 4.73. The van der Waals surface area contributed by atoms with Crippen molar-refractivity contribution in [3.05, 3.63) is 83.4 Å². The van der Waals surface area contributed by atoms with Gasteiger partial charge in [-0.2, -0.15) is 0 Å². The second kappa shape index (κ2) is 6.93. The van der Waals surface area contributed by atoms with E-state index in [9.17, 15) is 5.11 Å². The molecule has 1 aliphatic heterocycles. The van der Waals surface area contributed by atoms with Crippen LogP contribution in [0, 0.1) is 0 Å². The zero-order chi connectivity index (χ0) is 16.1. The van der Waals surface area contributed by atoms with Crippen LogP contribution in [0.15, 0.2) is 77.3 Å². The van der Waals surface area contributed by atoms with Crippen molar-refractivity contribution in [1.82, 2.24) is 0 Å². The van der Waals surface area contributed by atoms with Crippen molar-refractivity contribution in [2.24, 2.45) is 4.99 Å². The lowest BCUT2D eigenvalue weighted by Gasteiger charge is -2.27. The molecule has 0 amide bonds. The van der Waals surface area contributed by atoms with Crippen molar-refractivity contribution in [3.63, 3.8) is 0 Å². The maximum absolute atomic E-state index is 10.4. The molecule has 0 saturated carbocycles. The first kappa shape index (κ1) is 15.7. The smallest absolute Gasteiger partial charge is 0.0796 e. The Morgan fingerprint density at radius 2 is 1.65 bits per heavy atom. The van der Waals surface area contributed by atoms with E-state index in [1.54, 1.807) is 0 Å². The highest BCUT2D eigenvalue weighted by molar-refractivity contribution is 5.77. The lowest BCUT2D eigenvalue weighted by molar-refractivity contribution is 0.157. The topological polar surface area (TPSA) is 32.6 Å². The Bertz CT molecular complexity index is 690. The summed E-state index contributed by atoms with van der Waals surface area (Å²) in [4.78, 5) is 4.68. The van der Waals surface area contributed by atoms with Gasteiger partial charge in [0.2, 0.25) is 0 Å². The maximum Gasteiger partial charge on any atom is 0.0796 e. The number of nitrogens with zero attached hydrogens (tertiary/aromatic N) is 1. The van der Waals surface area contributed by atoms with E-state index in [4.69, 9.17) is 0 Å². The molecule has 2 nitrogen and oxygen atoms in total. The van der Waals surface area contributed by atoms with Gasteiger partial charge in [-0.3, -0.25) is 4.99 Å². The first-order valence-corrected chi connectivity index (χ1v) is 8.19. The largest absolute Gasteiger partial charge is 0.388 e. The predicted molar refractivity (Wildman–Crippen MR) is 95.8 cm³/mol. The molecule has 3 rings (SSSR count). The van der Waals surface area contributed by atoms with E-state index >= 15 is 0 Å². The minimum absolute atomic E-state index is 0.203. The van der Waals surface area contributed by atoms with E-state index in [2.05, 4.69) is 42.3 Å². The van der Waals surface area contributed by atoms with Crippen LogP contribution < -0.4 is 0 Å². The molecule has 0 spiro atoms. The van der Waals surface area contributed by atoms with Gasteiger partial charge in [-0.05, 0) is 49.0 Å². The molecule has 1 N–H and O–H groups in total. The van der Waals surface area contributed by atoms with E-state index in [0.717, 1.165) is 18.4 Å². The second-order valence-corrected chi connectivity index (χ2v) is 6.37. The van der Waals surface area contributed by atoms with Crippen LogP contribution in [0.2, 0.25) is 0 Å². The van der Waals surface area contributed by atoms with E-state index in [1.165, 1.54) is 11.1 Å². The molecule has 2 atom stereocenters. The first-order valence-electron chi connectivity index (χ1n) is 8.19. The monoisotopic (exact) mass is 305 g/mol. The fourth-order valence-corrected chi connectivity index (χ4v) is 3.10. The van der Waals surface area contributed by atoms with Crippen LogP contribution in [-0.2, 0) is 6.42 Å². The van der Waals surface area contributed by atoms with Gasteiger partial charge in [0.15, 0.2) is 0 Å². The molecule has 23 heavy (non-hydrogen) atoms. The van der Waals surface area contributed by atoms with Crippen LogP contribution in [0.3, 0.4) is 0 Å². The standard InChI is InChI=1S/C21H23NO/c1-21(14-12-20(23)18-10-6-3-7-11-18)19(13-15-22-21)16-17-8-4-2-5-9-17/h2-11,13,15,20,23H,12,14,16H2,1H3. The number of hydrogen-bond acceptors (Lipinski definition) is 2.